The van der Waals surface area contributed by atoms with E-state index in [-0.39, 0.29) is 5.78 Å². The molecule has 0 unspecified atom stereocenters. The summed E-state index contributed by atoms with van der Waals surface area (Å²) in [5.74, 6) is 0.121. The lowest BCUT2D eigenvalue weighted by molar-refractivity contribution is -0.117. The first-order valence-electron chi connectivity index (χ1n) is 5.48. The highest BCUT2D eigenvalue weighted by molar-refractivity contribution is 5.78. The Bertz CT molecular complexity index is 432. The van der Waals surface area contributed by atoms with Gasteiger partial charge in [0.2, 0.25) is 0 Å². The molecule has 0 aliphatic heterocycles. The van der Waals surface area contributed by atoms with Gasteiger partial charge in [-0.15, -0.1) is 0 Å². The summed E-state index contributed by atoms with van der Waals surface area (Å²) >= 11 is 0. The number of hydrogen-bond donors (Lipinski definition) is 0. The molecule has 0 bridgehead atoms. The van der Waals surface area contributed by atoms with Crippen molar-refractivity contribution in [2.75, 3.05) is 13.6 Å². The molecule has 1 aromatic carbocycles. The van der Waals surface area contributed by atoms with E-state index in [4.69, 9.17) is 0 Å². The van der Waals surface area contributed by atoms with Gasteiger partial charge in [0.25, 0.3) is 0 Å². The van der Waals surface area contributed by atoms with Gasteiger partial charge >= 0.3 is 0 Å². The minimum atomic E-state index is 0.121. The van der Waals surface area contributed by atoms with Crippen molar-refractivity contribution in [3.05, 3.63) is 41.6 Å². The zero-order valence-electron chi connectivity index (χ0n) is 10.6. The lowest BCUT2D eigenvalue weighted by atomic mass is 10.1. The Balaban J connectivity index is 2.90. The number of Topliss-reactive ketones (excluding diaryl/α,β-unsaturated/α-hetero) is 1. The van der Waals surface area contributed by atoms with Crippen molar-refractivity contribution < 1.29 is 4.79 Å². The van der Waals surface area contributed by atoms with E-state index in [0.29, 0.717) is 6.54 Å². The maximum atomic E-state index is 11.0. The van der Waals surface area contributed by atoms with Crippen molar-refractivity contribution in [2.24, 2.45) is 4.99 Å². The van der Waals surface area contributed by atoms with Gasteiger partial charge in [0.15, 0.2) is 0 Å². The first kappa shape index (κ1) is 13.2. The molecule has 0 radical (unpaired) electrons. The van der Waals surface area contributed by atoms with Gasteiger partial charge in [0.05, 0.1) is 12.2 Å². The van der Waals surface area contributed by atoms with E-state index in [1.807, 2.05) is 49.3 Å². The monoisotopic (exact) mass is 230 g/mol. The lowest BCUT2D eigenvalue weighted by Crippen LogP contribution is -2.18. The van der Waals surface area contributed by atoms with Crippen LogP contribution >= 0.6 is 0 Å². The third-order valence-electron chi connectivity index (χ3n) is 2.33. The highest BCUT2D eigenvalue weighted by Crippen LogP contribution is 2.16. The van der Waals surface area contributed by atoms with Gasteiger partial charge in [-0.05, 0) is 20.6 Å². The summed E-state index contributed by atoms with van der Waals surface area (Å²) in [4.78, 5) is 16.8. The maximum absolute atomic E-state index is 11.0. The zero-order chi connectivity index (χ0) is 12.8. The van der Waals surface area contributed by atoms with Crippen LogP contribution < -0.4 is 0 Å². The van der Waals surface area contributed by atoms with E-state index >= 15 is 0 Å². The number of rotatable bonds is 5. The SMILES string of the molecule is C=N/C(=C\N(C)CC(C)=O)c1ccc(C)cc1. The largest absolute Gasteiger partial charge is 0.371 e. The summed E-state index contributed by atoms with van der Waals surface area (Å²) in [5, 5.41) is 0. The average molecular weight is 230 g/mol. The van der Waals surface area contributed by atoms with E-state index in [2.05, 4.69) is 11.7 Å². The minimum Gasteiger partial charge on any atom is -0.371 e. The van der Waals surface area contributed by atoms with Gasteiger partial charge in [-0.1, -0.05) is 29.8 Å². The van der Waals surface area contributed by atoms with Crippen molar-refractivity contribution in [1.29, 1.82) is 0 Å². The Labute approximate surface area is 102 Å². The fourth-order valence-electron chi connectivity index (χ4n) is 1.54. The zero-order valence-corrected chi connectivity index (χ0v) is 10.6. The van der Waals surface area contributed by atoms with E-state index in [1.165, 1.54) is 5.56 Å². The first-order chi connectivity index (χ1) is 8.02. The number of aliphatic imine (C=N–C) groups is 1. The summed E-state index contributed by atoms with van der Waals surface area (Å²) in [6.45, 7) is 7.55. The Kier molecular flexibility index (Phi) is 4.64. The molecule has 0 aromatic heterocycles. The molecule has 17 heavy (non-hydrogen) atoms. The Morgan fingerprint density at radius 1 is 1.41 bits per heavy atom. The van der Waals surface area contributed by atoms with Crippen LogP contribution in [0.5, 0.6) is 0 Å². The topological polar surface area (TPSA) is 32.7 Å². The molecular formula is C14H18N2O. The third-order valence-corrected chi connectivity index (χ3v) is 2.33. The molecule has 1 aromatic rings. The summed E-state index contributed by atoms with van der Waals surface area (Å²) in [7, 11) is 1.85. The van der Waals surface area contributed by atoms with E-state index < -0.39 is 0 Å². The predicted octanol–water partition coefficient (Wildman–Crippen LogP) is 2.51. The molecule has 3 nitrogen and oxygen atoms in total. The quantitative estimate of drug-likeness (QED) is 0.728. The highest BCUT2D eigenvalue weighted by atomic mass is 16.1. The van der Waals surface area contributed by atoms with Gasteiger partial charge < -0.3 is 4.90 Å². The van der Waals surface area contributed by atoms with Crippen LogP contribution in [-0.2, 0) is 4.79 Å². The van der Waals surface area contributed by atoms with Crippen molar-refractivity contribution >= 4 is 18.2 Å². The van der Waals surface area contributed by atoms with Gasteiger partial charge in [-0.2, -0.15) is 0 Å². The second-order valence-corrected chi connectivity index (χ2v) is 4.16. The second-order valence-electron chi connectivity index (χ2n) is 4.16. The number of benzene rings is 1. The molecule has 0 spiro atoms. The molecule has 0 heterocycles. The molecular weight excluding hydrogens is 212 g/mol. The molecule has 1 rings (SSSR count). The average Bonchev–Trinajstić information content (AvgIpc) is 2.26. The van der Waals surface area contributed by atoms with Crippen LogP contribution in [-0.4, -0.2) is 31.0 Å². The lowest BCUT2D eigenvalue weighted by Gasteiger charge is -2.13. The summed E-state index contributed by atoms with van der Waals surface area (Å²) in [6.07, 6.45) is 1.83. The van der Waals surface area contributed by atoms with Crippen molar-refractivity contribution in [2.45, 2.75) is 13.8 Å². The van der Waals surface area contributed by atoms with Crippen LogP contribution in [0.2, 0.25) is 0 Å². The summed E-state index contributed by atoms with van der Waals surface area (Å²) in [6, 6.07) is 8.05. The Morgan fingerprint density at radius 2 is 2.00 bits per heavy atom. The van der Waals surface area contributed by atoms with Gasteiger partial charge in [-0.25, -0.2) is 0 Å². The number of hydrogen-bond acceptors (Lipinski definition) is 3. The fraction of sp³-hybridized carbons (Fsp3) is 0.286. The number of aryl methyl sites for hydroxylation is 1. The first-order valence-corrected chi connectivity index (χ1v) is 5.48. The highest BCUT2D eigenvalue weighted by Gasteiger charge is 2.02. The van der Waals surface area contributed by atoms with Gasteiger partial charge in [-0.3, -0.25) is 9.79 Å². The predicted molar refractivity (Wildman–Crippen MR) is 72.0 cm³/mol. The number of ketones is 1. The van der Waals surface area contributed by atoms with Gasteiger partial charge in [0.1, 0.15) is 5.78 Å². The third kappa shape index (κ3) is 4.23. The maximum Gasteiger partial charge on any atom is 0.148 e. The van der Waals surface area contributed by atoms with Crippen LogP contribution in [0, 0.1) is 6.92 Å². The molecule has 3 heteroatoms. The van der Waals surface area contributed by atoms with Crippen LogP contribution in [0.3, 0.4) is 0 Å². The molecule has 0 fully saturated rings. The fourth-order valence-corrected chi connectivity index (χ4v) is 1.54. The Hall–Kier alpha value is -1.90. The number of likely N-dealkylation sites (N-methyl/N-ethyl adjacent to an activating group) is 1. The van der Waals surface area contributed by atoms with Crippen LogP contribution in [0.4, 0.5) is 0 Å². The minimum absolute atomic E-state index is 0.121. The molecule has 0 N–H and O–H groups in total. The number of nitrogens with zero attached hydrogens (tertiary/aromatic N) is 2. The van der Waals surface area contributed by atoms with Crippen LogP contribution in [0.25, 0.3) is 5.70 Å². The number of carbonyl (C=O) groups excluding carboxylic acids is 1. The normalized spacial score (nSPS) is 11.1. The standard InChI is InChI=1S/C14H18N2O/c1-11-5-7-13(8-6-11)14(15-3)10-16(4)9-12(2)17/h5-8,10H,3,9H2,1-2,4H3/b14-10-. The Morgan fingerprint density at radius 3 is 2.47 bits per heavy atom. The molecule has 0 saturated heterocycles. The number of carbonyl (C=O) groups is 1. The van der Waals surface area contributed by atoms with Crippen LogP contribution in [0.15, 0.2) is 35.5 Å². The molecule has 90 valence electrons. The van der Waals surface area contributed by atoms with E-state index in [9.17, 15) is 4.79 Å². The molecule has 0 atom stereocenters. The van der Waals surface area contributed by atoms with E-state index in [0.717, 1.165) is 11.3 Å². The van der Waals surface area contributed by atoms with Crippen LogP contribution in [0.1, 0.15) is 18.1 Å². The smallest absolute Gasteiger partial charge is 0.148 e. The molecule has 0 saturated carbocycles. The molecule has 0 amide bonds. The van der Waals surface area contributed by atoms with E-state index in [1.54, 1.807) is 6.92 Å². The molecule has 0 aliphatic carbocycles. The summed E-state index contributed by atoms with van der Waals surface area (Å²) < 4.78 is 0. The summed E-state index contributed by atoms with van der Waals surface area (Å²) in [5.41, 5.74) is 2.98. The second kappa shape index (κ2) is 5.99. The van der Waals surface area contributed by atoms with Gasteiger partial charge in [0, 0.05) is 18.8 Å². The van der Waals surface area contributed by atoms with Crippen molar-refractivity contribution in [3.8, 4) is 0 Å². The molecule has 0 aliphatic rings. The van der Waals surface area contributed by atoms with Crippen molar-refractivity contribution in [3.63, 3.8) is 0 Å². The van der Waals surface area contributed by atoms with Crippen molar-refractivity contribution in [1.82, 2.24) is 4.90 Å².